The lowest BCUT2D eigenvalue weighted by Crippen LogP contribution is -2.45. The van der Waals surface area contributed by atoms with Crippen molar-refractivity contribution in [3.63, 3.8) is 0 Å². The highest BCUT2D eigenvalue weighted by molar-refractivity contribution is 6.63. The zero-order valence-electron chi connectivity index (χ0n) is 12.9. The molecule has 0 aliphatic rings. The van der Waals surface area contributed by atoms with Gasteiger partial charge in [-0.15, -0.1) is 0 Å². The summed E-state index contributed by atoms with van der Waals surface area (Å²) in [4.78, 5) is 11.8. The van der Waals surface area contributed by atoms with Crippen LogP contribution in [0.4, 0.5) is 0 Å². The van der Waals surface area contributed by atoms with Crippen molar-refractivity contribution in [3.05, 3.63) is 29.8 Å². The zero-order valence-corrected chi connectivity index (χ0v) is 12.9. The molecule has 0 fully saturated rings. The second-order valence-corrected chi connectivity index (χ2v) is 5.10. The predicted octanol–water partition coefficient (Wildman–Crippen LogP) is 2.41. The molecule has 0 saturated carbocycles. The molecule has 20 heavy (non-hydrogen) atoms. The summed E-state index contributed by atoms with van der Waals surface area (Å²) in [6.07, 6.45) is 0.844. The van der Waals surface area contributed by atoms with E-state index in [4.69, 9.17) is 14.0 Å². The van der Waals surface area contributed by atoms with Crippen molar-refractivity contribution in [1.82, 2.24) is 0 Å². The second kappa shape index (κ2) is 7.46. The first-order valence-electron chi connectivity index (χ1n) is 6.91. The fourth-order valence-electron chi connectivity index (χ4n) is 1.71. The first kappa shape index (κ1) is 16.7. The Morgan fingerprint density at radius 2 is 1.90 bits per heavy atom. The summed E-state index contributed by atoms with van der Waals surface area (Å²) in [7, 11) is 0.788. The monoisotopic (exact) mass is 278 g/mol. The third-order valence-corrected chi connectivity index (χ3v) is 3.22. The van der Waals surface area contributed by atoms with Crippen LogP contribution in [0.25, 0.3) is 0 Å². The van der Waals surface area contributed by atoms with Gasteiger partial charge >= 0.3 is 13.1 Å². The van der Waals surface area contributed by atoms with Gasteiger partial charge in [-0.05, 0) is 38.7 Å². The predicted molar refractivity (Wildman–Crippen MR) is 80.3 cm³/mol. The van der Waals surface area contributed by atoms with E-state index < -0.39 is 7.12 Å². The molecule has 0 N–H and O–H groups in total. The average Bonchev–Trinajstić information content (AvgIpc) is 2.46. The Labute approximate surface area is 121 Å². The molecule has 0 spiro atoms. The van der Waals surface area contributed by atoms with Crippen molar-refractivity contribution in [2.45, 2.75) is 39.7 Å². The van der Waals surface area contributed by atoms with Gasteiger partial charge in [0.15, 0.2) is 0 Å². The SMILES string of the molecule is CCOB(OC(C)(C)CC)c1ccccc1C(=O)OC. The lowest BCUT2D eigenvalue weighted by Gasteiger charge is -2.28. The van der Waals surface area contributed by atoms with Crippen molar-refractivity contribution < 1.29 is 18.8 Å². The quantitative estimate of drug-likeness (QED) is 0.567. The van der Waals surface area contributed by atoms with E-state index in [9.17, 15) is 4.79 Å². The number of ether oxygens (including phenoxy) is 1. The van der Waals surface area contributed by atoms with Gasteiger partial charge in [-0.2, -0.15) is 0 Å². The van der Waals surface area contributed by atoms with Crippen LogP contribution in [0.5, 0.6) is 0 Å². The number of carbonyl (C=O) groups excluding carboxylic acids is 1. The number of benzene rings is 1. The van der Waals surface area contributed by atoms with E-state index >= 15 is 0 Å². The van der Waals surface area contributed by atoms with Gasteiger partial charge in [0.2, 0.25) is 0 Å². The maximum Gasteiger partial charge on any atom is 0.495 e. The second-order valence-electron chi connectivity index (χ2n) is 5.10. The van der Waals surface area contributed by atoms with Gasteiger partial charge in [0, 0.05) is 12.2 Å². The van der Waals surface area contributed by atoms with Gasteiger partial charge < -0.3 is 14.0 Å². The van der Waals surface area contributed by atoms with Crippen molar-refractivity contribution in [1.29, 1.82) is 0 Å². The first-order valence-corrected chi connectivity index (χ1v) is 6.91. The van der Waals surface area contributed by atoms with Crippen molar-refractivity contribution >= 4 is 18.6 Å². The topological polar surface area (TPSA) is 44.8 Å². The van der Waals surface area contributed by atoms with Crippen LogP contribution in [-0.4, -0.2) is 32.4 Å². The van der Waals surface area contributed by atoms with Crippen molar-refractivity contribution in [2.75, 3.05) is 13.7 Å². The summed E-state index contributed by atoms with van der Waals surface area (Å²) in [5, 5.41) is 0. The van der Waals surface area contributed by atoms with E-state index in [0.29, 0.717) is 17.6 Å². The third kappa shape index (κ3) is 4.35. The molecular weight excluding hydrogens is 255 g/mol. The average molecular weight is 278 g/mol. The molecule has 0 amide bonds. The van der Waals surface area contributed by atoms with Gasteiger partial charge in [0.25, 0.3) is 0 Å². The summed E-state index contributed by atoms with van der Waals surface area (Å²) in [5.41, 5.74) is 0.839. The molecule has 0 bridgehead atoms. The Bertz CT molecular complexity index is 445. The highest BCUT2D eigenvalue weighted by Gasteiger charge is 2.32. The minimum atomic E-state index is -0.578. The molecule has 0 atom stereocenters. The van der Waals surface area contributed by atoms with Crippen molar-refractivity contribution in [2.24, 2.45) is 0 Å². The Morgan fingerprint density at radius 3 is 2.45 bits per heavy atom. The number of carbonyl (C=O) groups is 1. The third-order valence-electron chi connectivity index (χ3n) is 3.22. The molecule has 5 heteroatoms. The minimum absolute atomic E-state index is 0.330. The van der Waals surface area contributed by atoms with E-state index in [1.807, 2.05) is 32.9 Å². The molecule has 0 saturated heterocycles. The summed E-state index contributed by atoms with van der Waals surface area (Å²) in [5.74, 6) is -0.386. The van der Waals surface area contributed by atoms with E-state index in [2.05, 4.69) is 6.92 Å². The van der Waals surface area contributed by atoms with Crippen LogP contribution in [0, 0.1) is 0 Å². The maximum absolute atomic E-state index is 11.8. The molecule has 1 aromatic carbocycles. The largest absolute Gasteiger partial charge is 0.495 e. The van der Waals surface area contributed by atoms with Crippen LogP contribution in [0.1, 0.15) is 44.5 Å². The lowest BCUT2D eigenvalue weighted by atomic mass is 9.74. The molecule has 4 nitrogen and oxygen atoms in total. The van der Waals surface area contributed by atoms with Gasteiger partial charge in [0.1, 0.15) is 0 Å². The van der Waals surface area contributed by atoms with E-state index in [0.717, 1.165) is 6.42 Å². The molecule has 0 aliphatic carbocycles. The zero-order chi connectivity index (χ0) is 15.2. The normalized spacial score (nSPS) is 11.2. The van der Waals surface area contributed by atoms with Crippen LogP contribution in [0.3, 0.4) is 0 Å². The van der Waals surface area contributed by atoms with Gasteiger partial charge in [-0.3, -0.25) is 0 Å². The molecule has 1 aromatic rings. The van der Waals surface area contributed by atoms with Crippen molar-refractivity contribution in [3.8, 4) is 0 Å². The summed E-state index contributed by atoms with van der Waals surface area (Å²) >= 11 is 0. The van der Waals surface area contributed by atoms with Gasteiger partial charge in [-0.25, -0.2) is 4.79 Å². The number of methoxy groups -OCH3 is 1. The van der Waals surface area contributed by atoms with E-state index in [-0.39, 0.29) is 11.6 Å². The Hall–Kier alpha value is -1.33. The fraction of sp³-hybridized carbons (Fsp3) is 0.533. The van der Waals surface area contributed by atoms with Crippen LogP contribution in [0.2, 0.25) is 0 Å². The summed E-state index contributed by atoms with van der Waals surface area (Å²) in [6, 6.07) is 7.20. The molecule has 0 heterocycles. The van der Waals surface area contributed by atoms with E-state index in [1.54, 1.807) is 12.1 Å². The number of esters is 1. The smallest absolute Gasteiger partial charge is 0.465 e. The van der Waals surface area contributed by atoms with Crippen LogP contribution in [0.15, 0.2) is 24.3 Å². The summed E-state index contributed by atoms with van der Waals surface area (Å²) in [6.45, 7) is 8.45. The minimum Gasteiger partial charge on any atom is -0.465 e. The highest BCUT2D eigenvalue weighted by Crippen LogP contribution is 2.16. The van der Waals surface area contributed by atoms with Gasteiger partial charge in [0.05, 0.1) is 12.7 Å². The molecule has 0 radical (unpaired) electrons. The Kier molecular flexibility index (Phi) is 6.24. The molecule has 0 aliphatic heterocycles. The number of hydrogen-bond donors (Lipinski definition) is 0. The molecule has 110 valence electrons. The Balaban J connectivity index is 3.11. The Morgan fingerprint density at radius 1 is 1.25 bits per heavy atom. The molecule has 0 aromatic heterocycles. The maximum atomic E-state index is 11.8. The molecule has 1 rings (SSSR count). The standard InChI is InChI=1S/C15H23BO4/c1-6-15(3,4)20-16(19-7-2)13-11-9-8-10-12(13)14(17)18-5/h8-11H,6-7H2,1-5H3. The number of rotatable bonds is 7. The fourth-order valence-corrected chi connectivity index (χ4v) is 1.71. The number of hydrogen-bond acceptors (Lipinski definition) is 4. The van der Waals surface area contributed by atoms with Gasteiger partial charge in [-0.1, -0.05) is 25.1 Å². The lowest BCUT2D eigenvalue weighted by molar-refractivity contribution is 0.0592. The molecular formula is C15H23BO4. The summed E-state index contributed by atoms with van der Waals surface area (Å²) < 4.78 is 16.5. The highest BCUT2D eigenvalue weighted by atomic mass is 16.6. The molecule has 0 unspecified atom stereocenters. The first-order chi connectivity index (χ1) is 9.45. The van der Waals surface area contributed by atoms with Crippen LogP contribution >= 0.6 is 0 Å². The van der Waals surface area contributed by atoms with Crippen LogP contribution < -0.4 is 5.46 Å². The van der Waals surface area contributed by atoms with Crippen LogP contribution in [-0.2, 0) is 14.0 Å². The van der Waals surface area contributed by atoms with E-state index in [1.165, 1.54) is 7.11 Å².